The van der Waals surface area contributed by atoms with Gasteiger partial charge in [-0.1, -0.05) is 17.8 Å². The Kier molecular flexibility index (Phi) is 6.68. The van der Waals surface area contributed by atoms with E-state index in [1.54, 1.807) is 19.1 Å². The molecule has 0 aromatic heterocycles. The van der Waals surface area contributed by atoms with Crippen molar-refractivity contribution in [3.63, 3.8) is 0 Å². The Hall–Kier alpha value is -1.77. The molecule has 28 heavy (non-hydrogen) atoms. The Morgan fingerprint density at radius 1 is 1.21 bits per heavy atom. The smallest absolute Gasteiger partial charge is 0.465 e. The monoisotopic (exact) mass is 405 g/mol. The van der Waals surface area contributed by atoms with Gasteiger partial charge in [0.05, 0.1) is 23.9 Å². The van der Waals surface area contributed by atoms with E-state index in [1.165, 1.54) is 25.8 Å². The van der Waals surface area contributed by atoms with Crippen molar-refractivity contribution in [3.05, 3.63) is 34.3 Å². The average Bonchev–Trinajstić information content (AvgIpc) is 2.81. The Balaban J connectivity index is 2.47. The van der Waals surface area contributed by atoms with Gasteiger partial charge in [-0.05, 0) is 63.4 Å². The van der Waals surface area contributed by atoms with Gasteiger partial charge in [0.25, 0.3) is 0 Å². The standard InChI is InChI=1S/C20H28BNO5S/c1-12-16(18(24)25-7)9-14(10-17(12)22)8-15(11-28-13(2)23)21-26-19(3,4)20(5,6)27-21/h8-10H,11,22H2,1-7H3. The van der Waals surface area contributed by atoms with Gasteiger partial charge in [-0.25, -0.2) is 4.79 Å². The van der Waals surface area contributed by atoms with Crippen LogP contribution in [0.5, 0.6) is 0 Å². The Morgan fingerprint density at radius 3 is 2.29 bits per heavy atom. The summed E-state index contributed by atoms with van der Waals surface area (Å²) in [5.41, 5.74) is 8.16. The molecule has 1 aromatic carbocycles. The molecule has 0 radical (unpaired) electrons. The van der Waals surface area contributed by atoms with Crippen molar-refractivity contribution in [2.75, 3.05) is 18.6 Å². The normalized spacial score (nSPS) is 18.2. The van der Waals surface area contributed by atoms with Crippen molar-refractivity contribution < 1.29 is 23.6 Å². The number of anilines is 1. The molecule has 1 heterocycles. The number of methoxy groups -OCH3 is 1. The van der Waals surface area contributed by atoms with Crippen LogP contribution in [0.2, 0.25) is 0 Å². The highest BCUT2D eigenvalue weighted by molar-refractivity contribution is 8.13. The third kappa shape index (κ3) is 4.80. The van der Waals surface area contributed by atoms with Crippen molar-refractivity contribution in [3.8, 4) is 0 Å². The molecule has 2 rings (SSSR count). The Labute approximate surface area is 171 Å². The van der Waals surface area contributed by atoms with E-state index in [-0.39, 0.29) is 5.12 Å². The molecular weight excluding hydrogens is 377 g/mol. The highest BCUT2D eigenvalue weighted by atomic mass is 32.2. The molecule has 1 aliphatic rings. The molecule has 0 unspecified atom stereocenters. The van der Waals surface area contributed by atoms with Crippen molar-refractivity contribution in [2.45, 2.75) is 52.7 Å². The van der Waals surface area contributed by atoms with Gasteiger partial charge in [0.1, 0.15) is 0 Å². The first kappa shape index (κ1) is 22.5. The first-order valence-corrected chi connectivity index (χ1v) is 10.0. The number of thioether (sulfide) groups is 1. The highest BCUT2D eigenvalue weighted by Crippen LogP contribution is 2.39. The summed E-state index contributed by atoms with van der Waals surface area (Å²) >= 11 is 1.18. The number of nitrogen functional groups attached to an aromatic ring is 1. The number of rotatable bonds is 5. The number of hydrogen-bond acceptors (Lipinski definition) is 7. The van der Waals surface area contributed by atoms with Crippen LogP contribution < -0.4 is 5.73 Å². The second-order valence-corrected chi connectivity index (χ2v) is 9.01. The summed E-state index contributed by atoms with van der Waals surface area (Å²) in [5.74, 6) is -0.0391. The van der Waals surface area contributed by atoms with Crippen molar-refractivity contribution >= 4 is 41.7 Å². The highest BCUT2D eigenvalue weighted by Gasteiger charge is 2.52. The molecule has 0 aliphatic carbocycles. The summed E-state index contributed by atoms with van der Waals surface area (Å²) < 4.78 is 17.1. The summed E-state index contributed by atoms with van der Waals surface area (Å²) in [4.78, 5) is 23.6. The van der Waals surface area contributed by atoms with Crippen LogP contribution in [-0.4, -0.2) is 42.3 Å². The predicted octanol–water partition coefficient (Wildman–Crippen LogP) is 3.66. The predicted molar refractivity (Wildman–Crippen MR) is 114 cm³/mol. The molecule has 2 N–H and O–H groups in total. The summed E-state index contributed by atoms with van der Waals surface area (Å²) in [5, 5.41) is 0.00101. The van der Waals surface area contributed by atoms with E-state index < -0.39 is 24.3 Å². The van der Waals surface area contributed by atoms with Gasteiger partial charge in [0.2, 0.25) is 0 Å². The van der Waals surface area contributed by atoms with E-state index in [0.717, 1.165) is 11.0 Å². The minimum Gasteiger partial charge on any atom is -0.465 e. The number of carbonyl (C=O) groups is 2. The summed E-state index contributed by atoms with van der Waals surface area (Å²) in [6.45, 7) is 11.2. The van der Waals surface area contributed by atoms with E-state index in [2.05, 4.69) is 0 Å². The lowest BCUT2D eigenvalue weighted by molar-refractivity contribution is -0.109. The number of benzene rings is 1. The van der Waals surface area contributed by atoms with Gasteiger partial charge in [0, 0.05) is 18.4 Å². The molecular formula is C20H28BNO5S. The number of nitrogens with two attached hydrogens (primary N) is 1. The van der Waals surface area contributed by atoms with E-state index in [4.69, 9.17) is 19.8 Å². The van der Waals surface area contributed by atoms with Crippen LogP contribution in [0.1, 0.15) is 56.1 Å². The molecule has 6 nitrogen and oxygen atoms in total. The molecule has 1 aliphatic heterocycles. The van der Waals surface area contributed by atoms with E-state index in [1.807, 2.05) is 33.8 Å². The van der Waals surface area contributed by atoms with Crippen LogP contribution in [0.15, 0.2) is 17.6 Å². The maximum absolute atomic E-state index is 12.1. The third-order valence-electron chi connectivity index (χ3n) is 5.23. The minimum atomic E-state index is -0.596. The maximum atomic E-state index is 12.1. The number of esters is 1. The Morgan fingerprint density at radius 2 is 1.79 bits per heavy atom. The van der Waals surface area contributed by atoms with Gasteiger partial charge in [-0.3, -0.25) is 4.79 Å². The molecule has 0 atom stereocenters. The second kappa shape index (κ2) is 8.31. The van der Waals surface area contributed by atoms with Gasteiger partial charge < -0.3 is 19.8 Å². The van der Waals surface area contributed by atoms with Crippen LogP contribution in [0.3, 0.4) is 0 Å². The first-order valence-electron chi connectivity index (χ1n) is 9.06. The topological polar surface area (TPSA) is 87.9 Å². The van der Waals surface area contributed by atoms with Crippen LogP contribution in [0.4, 0.5) is 5.69 Å². The number of carbonyl (C=O) groups excluding carboxylic acids is 2. The molecule has 0 bridgehead atoms. The fourth-order valence-corrected chi connectivity index (χ4v) is 3.33. The molecule has 0 saturated carbocycles. The van der Waals surface area contributed by atoms with Gasteiger partial charge in [-0.15, -0.1) is 0 Å². The number of ether oxygens (including phenoxy) is 1. The molecule has 0 spiro atoms. The second-order valence-electron chi connectivity index (χ2n) is 7.86. The lowest BCUT2D eigenvalue weighted by Crippen LogP contribution is -2.41. The zero-order valence-electron chi connectivity index (χ0n) is 17.5. The molecule has 1 aromatic rings. The molecule has 1 saturated heterocycles. The van der Waals surface area contributed by atoms with Crippen molar-refractivity contribution in [1.82, 2.24) is 0 Å². The summed E-state index contributed by atoms with van der Waals surface area (Å²) in [7, 11) is 0.737. The lowest BCUT2D eigenvalue weighted by Gasteiger charge is -2.32. The SMILES string of the molecule is COC(=O)c1cc(C=C(CSC(C)=O)B2OC(C)(C)C(C)(C)O2)cc(N)c1C. The van der Waals surface area contributed by atoms with E-state index in [9.17, 15) is 9.59 Å². The molecule has 8 heteroatoms. The van der Waals surface area contributed by atoms with E-state index >= 15 is 0 Å². The molecule has 152 valence electrons. The average molecular weight is 405 g/mol. The van der Waals surface area contributed by atoms with Crippen LogP contribution >= 0.6 is 11.8 Å². The van der Waals surface area contributed by atoms with Crippen molar-refractivity contribution in [1.29, 1.82) is 0 Å². The molecule has 0 amide bonds. The van der Waals surface area contributed by atoms with E-state index in [0.29, 0.717) is 22.6 Å². The first-order chi connectivity index (χ1) is 12.9. The van der Waals surface area contributed by atoms with Crippen LogP contribution in [0.25, 0.3) is 6.08 Å². The fourth-order valence-electron chi connectivity index (χ4n) is 2.74. The molecule has 1 fully saturated rings. The lowest BCUT2D eigenvalue weighted by atomic mass is 9.78. The van der Waals surface area contributed by atoms with Crippen LogP contribution in [0, 0.1) is 6.92 Å². The van der Waals surface area contributed by atoms with Gasteiger partial charge >= 0.3 is 13.1 Å². The Bertz CT molecular complexity index is 803. The van der Waals surface area contributed by atoms with Gasteiger partial charge in [0.15, 0.2) is 5.12 Å². The largest absolute Gasteiger partial charge is 0.491 e. The fraction of sp³-hybridized carbons (Fsp3) is 0.500. The number of hydrogen-bond donors (Lipinski definition) is 1. The summed E-state index contributed by atoms with van der Waals surface area (Å²) in [6.07, 6.45) is 1.86. The zero-order valence-corrected chi connectivity index (χ0v) is 18.4. The third-order valence-corrected chi connectivity index (χ3v) is 6.11. The zero-order chi connectivity index (χ0) is 21.3. The summed E-state index contributed by atoms with van der Waals surface area (Å²) in [6, 6.07) is 3.51. The minimum absolute atomic E-state index is 0.00101. The maximum Gasteiger partial charge on any atom is 0.491 e. The van der Waals surface area contributed by atoms with Crippen molar-refractivity contribution in [2.24, 2.45) is 0 Å². The van der Waals surface area contributed by atoms with Crippen LogP contribution in [-0.2, 0) is 18.8 Å². The van der Waals surface area contributed by atoms with Gasteiger partial charge in [-0.2, -0.15) is 0 Å². The quantitative estimate of drug-likeness (QED) is 0.454.